The van der Waals surface area contributed by atoms with Crippen molar-refractivity contribution in [2.75, 3.05) is 0 Å². The first-order chi connectivity index (χ1) is 18.5. The predicted molar refractivity (Wildman–Crippen MR) is 172 cm³/mol. The van der Waals surface area contributed by atoms with E-state index >= 15 is 0 Å². The fourth-order valence-corrected chi connectivity index (χ4v) is 11.3. The minimum atomic E-state index is -1.74. The molecule has 3 fully saturated rings. The topological polar surface area (TPSA) is 38.7 Å². The molecule has 0 aromatic carbocycles. The molecule has 4 aliphatic carbocycles. The van der Waals surface area contributed by atoms with Gasteiger partial charge in [0.05, 0.1) is 18.3 Å². The molecule has 1 N–H and O–H groups in total. The number of ether oxygens (including phenoxy) is 1. The van der Waals surface area contributed by atoms with Crippen molar-refractivity contribution in [3.63, 3.8) is 0 Å². The van der Waals surface area contributed by atoms with Crippen LogP contribution in [0.25, 0.3) is 0 Å². The molecule has 11 atom stereocenters. The summed E-state index contributed by atoms with van der Waals surface area (Å²) in [4.78, 5) is 0. The summed E-state index contributed by atoms with van der Waals surface area (Å²) in [5.41, 5.74) is 2.51. The molecule has 0 saturated heterocycles. The molecule has 3 saturated carbocycles. The summed E-state index contributed by atoms with van der Waals surface area (Å²) in [6.07, 6.45) is 17.2. The van der Waals surface area contributed by atoms with Crippen molar-refractivity contribution in [1.82, 2.24) is 0 Å². The summed E-state index contributed by atoms with van der Waals surface area (Å²) in [5.74, 6) is 3.70. The molecular formula is C36H64O3Si. The third-order valence-corrected chi connectivity index (χ3v) is 17.6. The van der Waals surface area contributed by atoms with Crippen molar-refractivity contribution < 1.29 is 14.3 Å². The molecule has 0 aliphatic heterocycles. The molecular weight excluding hydrogens is 508 g/mol. The number of aliphatic hydroxyl groups is 1. The second-order valence-electron chi connectivity index (χ2n) is 16.7. The van der Waals surface area contributed by atoms with E-state index in [1.54, 1.807) is 5.57 Å². The van der Waals surface area contributed by atoms with Crippen LogP contribution in [0.3, 0.4) is 0 Å². The second kappa shape index (κ2) is 11.9. The first kappa shape index (κ1) is 32.5. The van der Waals surface area contributed by atoms with Gasteiger partial charge in [-0.05, 0) is 137 Å². The van der Waals surface area contributed by atoms with E-state index in [-0.39, 0.29) is 23.4 Å². The van der Waals surface area contributed by atoms with E-state index in [0.29, 0.717) is 35.2 Å². The van der Waals surface area contributed by atoms with Gasteiger partial charge in [0.15, 0.2) is 8.32 Å². The van der Waals surface area contributed by atoms with Crippen LogP contribution in [0.2, 0.25) is 18.1 Å². The largest absolute Gasteiger partial charge is 0.414 e. The van der Waals surface area contributed by atoms with E-state index in [1.165, 1.54) is 51.4 Å². The molecule has 4 rings (SSSR count). The van der Waals surface area contributed by atoms with Crippen LogP contribution in [0.15, 0.2) is 24.3 Å². The maximum atomic E-state index is 9.91. The van der Waals surface area contributed by atoms with E-state index < -0.39 is 8.32 Å². The van der Waals surface area contributed by atoms with Crippen LogP contribution in [-0.2, 0) is 9.16 Å². The normalized spacial score (nSPS) is 39.3. The smallest absolute Gasteiger partial charge is 0.192 e. The SMILES string of the molecule is C=CC[C@H](O[C@@H](C)C[C@H](C)O)[C@@H](C)[C@H]1CC[C@H]2[C@@H]3CC=C4C[C@@H](O[Si](C)(C)C(C)(C)C)CC[C@]4(C)[C@H]3CC[C@]12C. The quantitative estimate of drug-likeness (QED) is 0.209. The fraction of sp³-hybridized carbons (Fsp3) is 0.889. The average molecular weight is 573 g/mol. The summed E-state index contributed by atoms with van der Waals surface area (Å²) in [6, 6.07) is 0. The molecule has 0 amide bonds. The van der Waals surface area contributed by atoms with Crippen molar-refractivity contribution in [3.05, 3.63) is 24.3 Å². The van der Waals surface area contributed by atoms with Crippen LogP contribution in [0.1, 0.15) is 120 Å². The highest BCUT2D eigenvalue weighted by Crippen LogP contribution is 2.67. The Balaban J connectivity index is 1.48. The Kier molecular flexibility index (Phi) is 9.69. The van der Waals surface area contributed by atoms with Crippen molar-refractivity contribution in [2.24, 2.45) is 40.4 Å². The Morgan fingerprint density at radius 3 is 2.40 bits per heavy atom. The first-order valence-corrected chi connectivity index (χ1v) is 19.8. The molecule has 0 spiro atoms. The lowest BCUT2D eigenvalue weighted by Gasteiger charge is -2.59. The maximum absolute atomic E-state index is 9.91. The Morgan fingerprint density at radius 2 is 1.77 bits per heavy atom. The number of allylic oxidation sites excluding steroid dienone is 1. The summed E-state index contributed by atoms with van der Waals surface area (Å²) in [7, 11) is -1.74. The number of hydrogen-bond acceptors (Lipinski definition) is 3. The van der Waals surface area contributed by atoms with Crippen LogP contribution in [0, 0.1) is 40.4 Å². The highest BCUT2D eigenvalue weighted by Gasteiger charge is 2.60. The predicted octanol–water partition coefficient (Wildman–Crippen LogP) is 9.71. The molecule has 0 bridgehead atoms. The second-order valence-corrected chi connectivity index (χ2v) is 21.4. The third kappa shape index (κ3) is 6.13. The first-order valence-electron chi connectivity index (χ1n) is 16.8. The van der Waals surface area contributed by atoms with E-state index in [1.807, 2.05) is 13.0 Å². The Morgan fingerprint density at radius 1 is 1.07 bits per heavy atom. The number of fused-ring (bicyclic) bond motifs is 5. The molecule has 3 nitrogen and oxygen atoms in total. The van der Waals surface area contributed by atoms with Gasteiger partial charge in [-0.1, -0.05) is 59.3 Å². The number of rotatable bonds is 10. The highest BCUT2D eigenvalue weighted by atomic mass is 28.4. The number of hydrogen-bond donors (Lipinski definition) is 1. The summed E-state index contributed by atoms with van der Waals surface area (Å²) in [6.45, 7) is 27.7. The minimum absolute atomic E-state index is 0.0748. The fourth-order valence-electron chi connectivity index (χ4n) is 9.88. The summed E-state index contributed by atoms with van der Waals surface area (Å²) < 4.78 is 13.6. The van der Waals surface area contributed by atoms with Gasteiger partial charge < -0.3 is 14.3 Å². The molecule has 0 heterocycles. The zero-order valence-corrected chi connectivity index (χ0v) is 28.9. The Labute approximate surface area is 249 Å². The molecule has 0 aromatic rings. The summed E-state index contributed by atoms with van der Waals surface area (Å²) >= 11 is 0. The van der Waals surface area contributed by atoms with Gasteiger partial charge in [0.1, 0.15) is 0 Å². The Bertz CT molecular complexity index is 917. The van der Waals surface area contributed by atoms with Crippen LogP contribution < -0.4 is 0 Å². The van der Waals surface area contributed by atoms with Gasteiger partial charge in [-0.3, -0.25) is 0 Å². The molecule has 40 heavy (non-hydrogen) atoms. The van der Waals surface area contributed by atoms with Gasteiger partial charge in [0.2, 0.25) is 0 Å². The van der Waals surface area contributed by atoms with Crippen molar-refractivity contribution in [2.45, 2.75) is 162 Å². The van der Waals surface area contributed by atoms with E-state index in [2.05, 4.69) is 74.2 Å². The zero-order chi connectivity index (χ0) is 29.7. The van der Waals surface area contributed by atoms with Gasteiger partial charge >= 0.3 is 0 Å². The lowest BCUT2D eigenvalue weighted by molar-refractivity contribution is -0.0930. The average Bonchev–Trinajstić information content (AvgIpc) is 3.19. The van der Waals surface area contributed by atoms with Crippen LogP contribution in [0.4, 0.5) is 0 Å². The van der Waals surface area contributed by atoms with E-state index in [9.17, 15) is 5.11 Å². The van der Waals surface area contributed by atoms with Gasteiger partial charge in [0.25, 0.3) is 0 Å². The zero-order valence-electron chi connectivity index (χ0n) is 27.9. The number of aliphatic hydroxyl groups excluding tert-OH is 1. The van der Waals surface area contributed by atoms with Crippen LogP contribution >= 0.6 is 0 Å². The molecule has 4 heteroatoms. The monoisotopic (exact) mass is 572 g/mol. The molecule has 0 unspecified atom stereocenters. The summed E-state index contributed by atoms with van der Waals surface area (Å²) in [5, 5.41) is 10.2. The van der Waals surface area contributed by atoms with Gasteiger partial charge in [-0.2, -0.15) is 0 Å². The van der Waals surface area contributed by atoms with Crippen molar-refractivity contribution in [1.29, 1.82) is 0 Å². The molecule has 230 valence electrons. The molecule has 4 aliphatic rings. The van der Waals surface area contributed by atoms with Crippen LogP contribution in [-0.4, -0.2) is 37.8 Å². The van der Waals surface area contributed by atoms with Gasteiger partial charge in [0, 0.05) is 6.10 Å². The minimum Gasteiger partial charge on any atom is -0.414 e. The highest BCUT2D eigenvalue weighted by molar-refractivity contribution is 6.74. The standard InChI is InChI=1S/C36H64O3Si/c1-12-13-33(38-25(3)22-24(2)37)26(4)30-16-17-31-29-15-14-27-23-28(39-40(10,11)34(5,6)7)18-20-35(27,8)32(29)19-21-36(30,31)9/h12,14,24-26,28-33,37H,1,13,15-23H2,2-11H3/t24-,25-,26-,28-,29-,30+,31-,32-,33-,35-,36+/m0/s1. The third-order valence-electron chi connectivity index (χ3n) is 13.1. The van der Waals surface area contributed by atoms with E-state index in [4.69, 9.17) is 9.16 Å². The molecule has 0 aromatic heterocycles. The van der Waals surface area contributed by atoms with Crippen molar-refractivity contribution in [3.8, 4) is 0 Å². The van der Waals surface area contributed by atoms with Crippen molar-refractivity contribution >= 4 is 8.32 Å². The molecule has 0 radical (unpaired) electrons. The van der Waals surface area contributed by atoms with Gasteiger partial charge in [-0.25, -0.2) is 0 Å². The van der Waals surface area contributed by atoms with Gasteiger partial charge in [-0.15, -0.1) is 6.58 Å². The van der Waals surface area contributed by atoms with E-state index in [0.717, 1.165) is 24.2 Å². The lowest BCUT2D eigenvalue weighted by Crippen LogP contribution is -2.52. The lowest BCUT2D eigenvalue weighted by atomic mass is 9.47. The van der Waals surface area contributed by atoms with Crippen LogP contribution in [0.5, 0.6) is 0 Å². The maximum Gasteiger partial charge on any atom is 0.192 e. The Hall–Kier alpha value is -0.423.